The number of carbonyl (C=O) groups excluding carboxylic acids is 1. The van der Waals surface area contributed by atoms with Crippen molar-refractivity contribution >= 4 is 32.8 Å². The molecule has 0 amide bonds. The van der Waals surface area contributed by atoms with E-state index in [2.05, 4.69) is 21.0 Å². The molecule has 6 nitrogen and oxygen atoms in total. The molecule has 2 aromatic carbocycles. The van der Waals surface area contributed by atoms with Gasteiger partial charge in [-0.15, -0.1) is 0 Å². The van der Waals surface area contributed by atoms with Crippen LogP contribution in [0, 0.1) is 0 Å². The third kappa shape index (κ3) is 4.96. The van der Waals surface area contributed by atoms with Gasteiger partial charge in [-0.05, 0) is 58.6 Å². The van der Waals surface area contributed by atoms with E-state index in [4.69, 9.17) is 9.47 Å². The molecule has 0 saturated carbocycles. The van der Waals surface area contributed by atoms with Gasteiger partial charge in [0.2, 0.25) is 0 Å². The van der Waals surface area contributed by atoms with Crippen LogP contribution in [0.4, 0.5) is 13.2 Å². The first-order valence-corrected chi connectivity index (χ1v) is 11.2. The van der Waals surface area contributed by atoms with E-state index in [1.807, 2.05) is 30.5 Å². The molecule has 0 bridgehead atoms. The first kappa shape index (κ1) is 23.9. The Morgan fingerprint density at radius 2 is 1.85 bits per heavy atom. The van der Waals surface area contributed by atoms with Crippen LogP contribution < -0.4 is 4.74 Å². The molecule has 4 rings (SSSR count). The molecule has 178 valence electrons. The van der Waals surface area contributed by atoms with Crippen LogP contribution in [-0.4, -0.2) is 26.9 Å². The minimum absolute atomic E-state index is 0.102. The van der Waals surface area contributed by atoms with Crippen LogP contribution in [0.5, 0.6) is 5.75 Å². The van der Waals surface area contributed by atoms with Crippen LogP contribution in [0.15, 0.2) is 59.2 Å². The van der Waals surface area contributed by atoms with E-state index in [1.54, 1.807) is 23.2 Å². The highest BCUT2D eigenvalue weighted by molar-refractivity contribution is 9.10. The number of alkyl halides is 3. The lowest BCUT2D eigenvalue weighted by molar-refractivity contribution is -0.143. The second-order valence-electron chi connectivity index (χ2n) is 7.57. The molecule has 0 unspecified atom stereocenters. The van der Waals surface area contributed by atoms with Gasteiger partial charge in [-0.3, -0.25) is 9.48 Å². The van der Waals surface area contributed by atoms with E-state index in [9.17, 15) is 18.0 Å². The zero-order chi connectivity index (χ0) is 24.5. The average molecular weight is 536 g/mol. The number of aryl methyl sites for hydroxylation is 1. The summed E-state index contributed by atoms with van der Waals surface area (Å²) < 4.78 is 53.6. The number of ether oxygens (including phenoxy) is 2. The SMILES string of the molecule is CCOC(=O)Cn1ccc2ccc(OCc3c(Br)c(-c4ccc(C(F)(F)F)cc4)nn3C)cc21. The van der Waals surface area contributed by atoms with E-state index in [0.29, 0.717) is 28.1 Å². The average Bonchev–Trinajstić information content (AvgIpc) is 3.31. The van der Waals surface area contributed by atoms with Crippen molar-refractivity contribution in [1.82, 2.24) is 14.3 Å². The van der Waals surface area contributed by atoms with Gasteiger partial charge < -0.3 is 14.0 Å². The van der Waals surface area contributed by atoms with E-state index in [0.717, 1.165) is 28.7 Å². The number of esters is 1. The third-order valence-electron chi connectivity index (χ3n) is 5.31. The summed E-state index contributed by atoms with van der Waals surface area (Å²) in [5.74, 6) is 0.279. The van der Waals surface area contributed by atoms with Crippen molar-refractivity contribution in [3.8, 4) is 17.0 Å². The lowest BCUT2D eigenvalue weighted by Crippen LogP contribution is -2.12. The molecular formula is C24H21BrF3N3O3. The Kier molecular flexibility index (Phi) is 6.70. The van der Waals surface area contributed by atoms with Gasteiger partial charge in [0.05, 0.1) is 27.9 Å². The predicted molar refractivity (Wildman–Crippen MR) is 124 cm³/mol. The monoisotopic (exact) mass is 535 g/mol. The minimum Gasteiger partial charge on any atom is -0.487 e. The fourth-order valence-electron chi connectivity index (χ4n) is 3.58. The maximum absolute atomic E-state index is 12.9. The molecule has 0 aliphatic heterocycles. The number of benzene rings is 2. The third-order valence-corrected chi connectivity index (χ3v) is 6.15. The van der Waals surface area contributed by atoms with Crippen LogP contribution in [0.2, 0.25) is 0 Å². The highest BCUT2D eigenvalue weighted by Crippen LogP contribution is 2.34. The highest BCUT2D eigenvalue weighted by Gasteiger charge is 2.30. The topological polar surface area (TPSA) is 58.3 Å². The quantitative estimate of drug-likeness (QED) is 0.274. The van der Waals surface area contributed by atoms with E-state index < -0.39 is 11.7 Å². The lowest BCUT2D eigenvalue weighted by atomic mass is 10.1. The predicted octanol–water partition coefficient (Wildman–Crippen LogP) is 5.97. The first-order valence-electron chi connectivity index (χ1n) is 10.4. The van der Waals surface area contributed by atoms with Gasteiger partial charge in [0.1, 0.15) is 24.6 Å². The van der Waals surface area contributed by atoms with Gasteiger partial charge in [-0.25, -0.2) is 0 Å². The van der Waals surface area contributed by atoms with Crippen LogP contribution in [0.25, 0.3) is 22.2 Å². The van der Waals surface area contributed by atoms with Crippen LogP contribution >= 0.6 is 15.9 Å². The fourth-order valence-corrected chi connectivity index (χ4v) is 4.26. The van der Waals surface area contributed by atoms with Gasteiger partial charge in [-0.2, -0.15) is 18.3 Å². The summed E-state index contributed by atoms with van der Waals surface area (Å²) in [6, 6.07) is 12.3. The van der Waals surface area contributed by atoms with Crippen molar-refractivity contribution in [3.63, 3.8) is 0 Å². The molecule has 0 fully saturated rings. The molecule has 0 aliphatic rings. The summed E-state index contributed by atoms with van der Waals surface area (Å²) in [5, 5.41) is 5.40. The number of nitrogens with zero attached hydrogens (tertiary/aromatic N) is 3. The van der Waals surface area contributed by atoms with Crippen LogP contribution in [0.3, 0.4) is 0 Å². The van der Waals surface area contributed by atoms with Gasteiger partial charge >= 0.3 is 12.1 Å². The summed E-state index contributed by atoms with van der Waals surface area (Å²) >= 11 is 3.52. The Morgan fingerprint density at radius 1 is 1.12 bits per heavy atom. The molecule has 34 heavy (non-hydrogen) atoms. The van der Waals surface area contributed by atoms with E-state index in [-0.39, 0.29) is 19.1 Å². The summed E-state index contributed by atoms with van der Waals surface area (Å²) in [4.78, 5) is 11.9. The van der Waals surface area contributed by atoms with Crippen molar-refractivity contribution < 1.29 is 27.4 Å². The Bertz CT molecular complexity index is 1330. The zero-order valence-corrected chi connectivity index (χ0v) is 20.0. The maximum Gasteiger partial charge on any atom is 0.416 e. The normalized spacial score (nSPS) is 11.7. The summed E-state index contributed by atoms with van der Waals surface area (Å²) in [6.07, 6.45) is -2.57. The minimum atomic E-state index is -4.39. The Balaban J connectivity index is 1.53. The lowest BCUT2D eigenvalue weighted by Gasteiger charge is -2.09. The fraction of sp³-hybridized carbons (Fsp3) is 0.250. The molecule has 2 heterocycles. The zero-order valence-electron chi connectivity index (χ0n) is 18.4. The summed E-state index contributed by atoms with van der Waals surface area (Å²) in [5.41, 5.74) is 1.92. The van der Waals surface area contributed by atoms with Gasteiger partial charge in [0.25, 0.3) is 0 Å². The van der Waals surface area contributed by atoms with Gasteiger partial charge in [-0.1, -0.05) is 12.1 Å². The molecule has 0 aliphatic carbocycles. The molecule has 10 heteroatoms. The molecule has 0 saturated heterocycles. The molecular weight excluding hydrogens is 515 g/mol. The molecule has 4 aromatic rings. The van der Waals surface area contributed by atoms with Gasteiger partial charge in [0, 0.05) is 24.9 Å². The van der Waals surface area contributed by atoms with Crippen molar-refractivity contribution in [2.75, 3.05) is 6.61 Å². The number of fused-ring (bicyclic) bond motifs is 1. The van der Waals surface area contributed by atoms with Crippen molar-refractivity contribution in [3.05, 3.63) is 70.5 Å². The molecule has 0 N–H and O–H groups in total. The largest absolute Gasteiger partial charge is 0.487 e. The second-order valence-corrected chi connectivity index (χ2v) is 8.36. The smallest absolute Gasteiger partial charge is 0.416 e. The van der Waals surface area contributed by atoms with Crippen molar-refractivity contribution in [1.29, 1.82) is 0 Å². The van der Waals surface area contributed by atoms with Crippen molar-refractivity contribution in [2.24, 2.45) is 7.05 Å². The number of rotatable bonds is 7. The molecule has 0 atom stereocenters. The van der Waals surface area contributed by atoms with Crippen molar-refractivity contribution in [2.45, 2.75) is 26.3 Å². The van der Waals surface area contributed by atoms with E-state index >= 15 is 0 Å². The maximum atomic E-state index is 12.9. The molecule has 0 spiro atoms. The first-order chi connectivity index (χ1) is 16.2. The second kappa shape index (κ2) is 9.54. The number of carbonyl (C=O) groups is 1. The van der Waals surface area contributed by atoms with Gasteiger partial charge in [0.15, 0.2) is 0 Å². The van der Waals surface area contributed by atoms with E-state index in [1.165, 1.54) is 12.1 Å². The summed E-state index contributed by atoms with van der Waals surface area (Å²) in [7, 11) is 1.74. The number of hydrogen-bond acceptors (Lipinski definition) is 4. The van der Waals surface area contributed by atoms with Crippen LogP contribution in [-0.2, 0) is 35.9 Å². The molecule has 2 aromatic heterocycles. The Hall–Kier alpha value is -3.27. The van der Waals surface area contributed by atoms with Crippen LogP contribution in [0.1, 0.15) is 18.2 Å². The number of halogens is 4. The standard InChI is InChI=1S/C24H21BrF3N3O3/c1-3-33-21(32)13-31-11-10-15-6-9-18(12-19(15)31)34-14-20-22(25)23(29-30(20)2)16-4-7-17(8-5-16)24(26,27)28/h4-12H,3,13-14H2,1-2H3. The number of hydrogen-bond donors (Lipinski definition) is 0. The summed E-state index contributed by atoms with van der Waals surface area (Å²) in [6.45, 7) is 2.36. The Labute approximate surface area is 202 Å². The highest BCUT2D eigenvalue weighted by atomic mass is 79.9. The number of aromatic nitrogens is 3. The Morgan fingerprint density at radius 3 is 2.53 bits per heavy atom. The molecule has 0 radical (unpaired) electrons.